The maximum absolute atomic E-state index is 3.29. The van der Waals surface area contributed by atoms with Crippen molar-refractivity contribution in [2.75, 3.05) is 0 Å². The van der Waals surface area contributed by atoms with Crippen LogP contribution in [0.5, 0.6) is 0 Å². The highest BCUT2D eigenvalue weighted by atomic mass is 14.0. The highest BCUT2D eigenvalue weighted by Crippen LogP contribution is 2.16. The lowest BCUT2D eigenvalue weighted by Crippen LogP contribution is -1.86. The molecule has 0 fully saturated rings. The number of hydrogen-bond donors (Lipinski definition) is 0. The summed E-state index contributed by atoms with van der Waals surface area (Å²) in [4.78, 5) is 0. The molecule has 0 bridgehead atoms. The van der Waals surface area contributed by atoms with Gasteiger partial charge in [-0.1, -0.05) is 62.6 Å². The van der Waals surface area contributed by atoms with E-state index in [1.165, 1.54) is 48.4 Å². The summed E-state index contributed by atoms with van der Waals surface area (Å²) in [7, 11) is 0. The second-order valence-electron chi connectivity index (χ2n) is 4.40. The minimum Gasteiger partial charge on any atom is -0.0654 e. The number of benzene rings is 2. The van der Waals surface area contributed by atoms with Gasteiger partial charge in [-0.3, -0.25) is 0 Å². The van der Waals surface area contributed by atoms with Gasteiger partial charge in [0.2, 0.25) is 0 Å². The third-order valence-corrected chi connectivity index (χ3v) is 3.05. The number of unbranched alkanes of at least 4 members (excludes halogenated alkanes) is 3. The van der Waals surface area contributed by atoms with Crippen LogP contribution in [0.2, 0.25) is 0 Å². The molecule has 1 radical (unpaired) electrons. The maximum Gasteiger partial charge on any atom is -0.00991 e. The Balaban J connectivity index is 2.02. The molecule has 0 heterocycles. The van der Waals surface area contributed by atoms with Crippen molar-refractivity contribution < 1.29 is 0 Å². The van der Waals surface area contributed by atoms with Crippen molar-refractivity contribution in [3.05, 3.63) is 48.0 Å². The molecule has 16 heavy (non-hydrogen) atoms. The van der Waals surface area contributed by atoms with E-state index in [0.717, 1.165) is 0 Å². The smallest absolute Gasteiger partial charge is 0.00991 e. The van der Waals surface area contributed by atoms with E-state index in [1.54, 1.807) is 0 Å². The molecule has 0 amide bonds. The predicted octanol–water partition coefficient (Wildman–Crippen LogP) is 4.76. The largest absolute Gasteiger partial charge is 0.0654 e. The number of aryl methyl sites for hydroxylation is 1. The molecule has 2 rings (SSSR count). The van der Waals surface area contributed by atoms with E-state index in [-0.39, 0.29) is 0 Å². The minimum absolute atomic E-state index is 1.21. The fraction of sp³-hybridized carbons (Fsp3) is 0.375. The molecular formula is C16H19. The fourth-order valence-electron chi connectivity index (χ4n) is 2.07. The Bertz CT molecular complexity index is 442. The SMILES string of the molecule is CCCCCCc1ccc2ccc[c]c2c1. The van der Waals surface area contributed by atoms with Gasteiger partial charge in [0.25, 0.3) is 0 Å². The molecule has 2 aromatic rings. The Morgan fingerprint density at radius 1 is 1.06 bits per heavy atom. The molecule has 0 spiro atoms. The summed E-state index contributed by atoms with van der Waals surface area (Å²) >= 11 is 0. The van der Waals surface area contributed by atoms with Gasteiger partial charge in [0.1, 0.15) is 0 Å². The molecule has 0 unspecified atom stereocenters. The molecule has 0 N–H and O–H groups in total. The van der Waals surface area contributed by atoms with Crippen LogP contribution < -0.4 is 0 Å². The summed E-state index contributed by atoms with van der Waals surface area (Å²) in [6, 6.07) is 16.2. The summed E-state index contributed by atoms with van der Waals surface area (Å²) in [6.07, 6.45) is 6.54. The monoisotopic (exact) mass is 211 g/mol. The minimum atomic E-state index is 1.21. The highest BCUT2D eigenvalue weighted by molar-refractivity contribution is 5.82. The number of fused-ring (bicyclic) bond motifs is 1. The standard InChI is InChI=1S/C16H19/c1-2-3-4-5-8-14-11-12-15-9-6-7-10-16(15)13-14/h6-7,9,11-13H,2-5,8H2,1H3. The topological polar surface area (TPSA) is 0 Å². The van der Waals surface area contributed by atoms with Crippen molar-refractivity contribution in [3.8, 4) is 0 Å². The van der Waals surface area contributed by atoms with Crippen LogP contribution in [0.25, 0.3) is 10.8 Å². The van der Waals surface area contributed by atoms with Crippen molar-refractivity contribution in [2.24, 2.45) is 0 Å². The molecule has 0 aliphatic heterocycles. The second-order valence-corrected chi connectivity index (χ2v) is 4.40. The Labute approximate surface area is 98.3 Å². The lowest BCUT2D eigenvalue weighted by molar-refractivity contribution is 0.667. The van der Waals surface area contributed by atoms with Gasteiger partial charge in [0.05, 0.1) is 0 Å². The molecule has 0 atom stereocenters. The van der Waals surface area contributed by atoms with E-state index in [0.29, 0.717) is 0 Å². The van der Waals surface area contributed by atoms with Crippen LogP contribution in [0.3, 0.4) is 0 Å². The van der Waals surface area contributed by atoms with E-state index in [9.17, 15) is 0 Å². The first-order valence-electron chi connectivity index (χ1n) is 6.29. The summed E-state index contributed by atoms with van der Waals surface area (Å²) in [5.41, 5.74) is 1.45. The zero-order valence-corrected chi connectivity index (χ0v) is 10.00. The summed E-state index contributed by atoms with van der Waals surface area (Å²) in [5, 5.41) is 2.54. The van der Waals surface area contributed by atoms with Gasteiger partial charge < -0.3 is 0 Å². The Kier molecular flexibility index (Phi) is 3.98. The van der Waals surface area contributed by atoms with E-state index >= 15 is 0 Å². The molecule has 0 nitrogen and oxygen atoms in total. The van der Waals surface area contributed by atoms with Crippen LogP contribution in [0.4, 0.5) is 0 Å². The quantitative estimate of drug-likeness (QED) is 0.625. The van der Waals surface area contributed by atoms with Crippen LogP contribution in [-0.2, 0) is 6.42 Å². The van der Waals surface area contributed by atoms with Crippen LogP contribution in [0, 0.1) is 6.07 Å². The molecule has 0 aromatic heterocycles. The van der Waals surface area contributed by atoms with E-state index in [1.807, 2.05) is 12.1 Å². The Hall–Kier alpha value is -1.30. The van der Waals surface area contributed by atoms with Gasteiger partial charge in [0.15, 0.2) is 0 Å². The van der Waals surface area contributed by atoms with Gasteiger partial charge >= 0.3 is 0 Å². The molecule has 0 heteroatoms. The summed E-state index contributed by atoms with van der Waals surface area (Å²) in [5.74, 6) is 0. The van der Waals surface area contributed by atoms with Crippen molar-refractivity contribution in [2.45, 2.75) is 39.0 Å². The molecular weight excluding hydrogens is 192 g/mol. The predicted molar refractivity (Wildman–Crippen MR) is 70.6 cm³/mol. The number of rotatable bonds is 5. The van der Waals surface area contributed by atoms with Crippen molar-refractivity contribution in [1.29, 1.82) is 0 Å². The van der Waals surface area contributed by atoms with Crippen LogP contribution in [0.1, 0.15) is 38.2 Å². The molecule has 0 saturated heterocycles. The third kappa shape index (κ3) is 2.85. The first-order valence-corrected chi connectivity index (χ1v) is 6.29. The second kappa shape index (κ2) is 5.69. The molecule has 0 aliphatic rings. The summed E-state index contributed by atoms with van der Waals surface area (Å²) < 4.78 is 0. The highest BCUT2D eigenvalue weighted by Gasteiger charge is 1.96. The van der Waals surface area contributed by atoms with Crippen molar-refractivity contribution in [1.82, 2.24) is 0 Å². The van der Waals surface area contributed by atoms with Gasteiger partial charge in [-0.05, 0) is 35.2 Å². The third-order valence-electron chi connectivity index (χ3n) is 3.05. The lowest BCUT2D eigenvalue weighted by Gasteiger charge is -2.03. The van der Waals surface area contributed by atoms with Crippen LogP contribution in [-0.4, -0.2) is 0 Å². The molecule has 83 valence electrons. The zero-order valence-electron chi connectivity index (χ0n) is 10.00. The van der Waals surface area contributed by atoms with Gasteiger partial charge in [-0.25, -0.2) is 0 Å². The van der Waals surface area contributed by atoms with E-state index in [4.69, 9.17) is 0 Å². The van der Waals surface area contributed by atoms with Crippen LogP contribution in [0.15, 0.2) is 36.4 Å². The maximum atomic E-state index is 3.29. The van der Waals surface area contributed by atoms with Crippen LogP contribution >= 0.6 is 0 Å². The number of hydrogen-bond acceptors (Lipinski definition) is 0. The zero-order chi connectivity index (χ0) is 11.2. The Morgan fingerprint density at radius 2 is 2.00 bits per heavy atom. The first-order chi connectivity index (χ1) is 7.90. The first kappa shape index (κ1) is 11.2. The van der Waals surface area contributed by atoms with Gasteiger partial charge in [-0.2, -0.15) is 0 Å². The Morgan fingerprint density at radius 3 is 2.88 bits per heavy atom. The average Bonchev–Trinajstić information content (AvgIpc) is 2.34. The lowest BCUT2D eigenvalue weighted by atomic mass is 10.0. The molecule has 0 saturated carbocycles. The van der Waals surface area contributed by atoms with Crippen molar-refractivity contribution in [3.63, 3.8) is 0 Å². The van der Waals surface area contributed by atoms with E-state index < -0.39 is 0 Å². The average molecular weight is 211 g/mol. The fourth-order valence-corrected chi connectivity index (χ4v) is 2.07. The van der Waals surface area contributed by atoms with E-state index in [2.05, 4.69) is 37.3 Å². The summed E-state index contributed by atoms with van der Waals surface area (Å²) in [6.45, 7) is 2.25. The van der Waals surface area contributed by atoms with Gasteiger partial charge in [0, 0.05) is 0 Å². The normalized spacial score (nSPS) is 10.8. The molecule has 2 aromatic carbocycles. The molecule has 0 aliphatic carbocycles. The van der Waals surface area contributed by atoms with Crippen molar-refractivity contribution >= 4 is 10.8 Å². The van der Waals surface area contributed by atoms with Gasteiger partial charge in [-0.15, -0.1) is 0 Å².